The molecule has 0 aliphatic rings. The molecule has 1 heterocycles. The lowest BCUT2D eigenvalue weighted by atomic mass is 10.2. The molecule has 0 saturated heterocycles. The van der Waals surface area contributed by atoms with Crippen molar-refractivity contribution >= 4 is 12.2 Å². The Morgan fingerprint density at radius 2 is 2.26 bits per heavy atom. The number of amides is 1. The van der Waals surface area contributed by atoms with Gasteiger partial charge in [0.15, 0.2) is 0 Å². The van der Waals surface area contributed by atoms with Crippen LogP contribution >= 0.6 is 0 Å². The summed E-state index contributed by atoms with van der Waals surface area (Å²) < 4.78 is 5.09. The second-order valence-electron chi connectivity index (χ2n) is 4.90. The van der Waals surface area contributed by atoms with E-state index in [4.69, 9.17) is 10.00 Å². The Balaban J connectivity index is 2.42. The van der Waals surface area contributed by atoms with Gasteiger partial charge in [0.05, 0.1) is 5.56 Å². The SMILES string of the molecule is CC(C)(C)OC(=O)NCC=Cc1cncc(C#N)c1. The van der Waals surface area contributed by atoms with E-state index in [2.05, 4.69) is 10.3 Å². The van der Waals surface area contributed by atoms with Gasteiger partial charge in [0.2, 0.25) is 0 Å². The molecule has 0 unspecified atom stereocenters. The van der Waals surface area contributed by atoms with Crippen molar-refractivity contribution in [1.29, 1.82) is 5.26 Å². The first-order chi connectivity index (χ1) is 8.90. The minimum atomic E-state index is -0.501. The molecule has 1 aromatic heterocycles. The summed E-state index contributed by atoms with van der Waals surface area (Å²) >= 11 is 0. The van der Waals surface area contributed by atoms with Gasteiger partial charge in [-0.05, 0) is 32.4 Å². The highest BCUT2D eigenvalue weighted by Crippen LogP contribution is 2.06. The highest BCUT2D eigenvalue weighted by atomic mass is 16.6. The molecule has 0 fully saturated rings. The van der Waals surface area contributed by atoms with Crippen LogP contribution in [0.1, 0.15) is 31.9 Å². The fourth-order valence-electron chi connectivity index (χ4n) is 1.26. The molecule has 1 N–H and O–H groups in total. The molecule has 0 aliphatic heterocycles. The number of ether oxygens (including phenoxy) is 1. The van der Waals surface area contributed by atoms with Crippen LogP contribution in [0.4, 0.5) is 4.79 Å². The number of pyridine rings is 1. The zero-order chi connectivity index (χ0) is 14.3. The molecule has 0 aliphatic carbocycles. The third-order valence-corrected chi connectivity index (χ3v) is 1.96. The van der Waals surface area contributed by atoms with Crippen LogP contribution in [0.3, 0.4) is 0 Å². The average molecular weight is 259 g/mol. The first kappa shape index (κ1) is 14.7. The highest BCUT2D eigenvalue weighted by molar-refractivity contribution is 5.68. The van der Waals surface area contributed by atoms with Gasteiger partial charge in [-0.25, -0.2) is 4.79 Å². The summed E-state index contributed by atoms with van der Waals surface area (Å²) in [4.78, 5) is 15.3. The summed E-state index contributed by atoms with van der Waals surface area (Å²) in [6.07, 6.45) is 6.23. The number of nitrogens with one attached hydrogen (secondary N) is 1. The maximum atomic E-state index is 11.3. The molecule has 5 heteroatoms. The lowest BCUT2D eigenvalue weighted by Gasteiger charge is -2.19. The number of nitriles is 1. The van der Waals surface area contributed by atoms with Gasteiger partial charge in [-0.3, -0.25) is 4.98 Å². The average Bonchev–Trinajstić information content (AvgIpc) is 2.33. The summed E-state index contributed by atoms with van der Waals surface area (Å²) in [5.41, 5.74) is 0.811. The Morgan fingerprint density at radius 3 is 2.89 bits per heavy atom. The highest BCUT2D eigenvalue weighted by Gasteiger charge is 2.14. The first-order valence-corrected chi connectivity index (χ1v) is 5.89. The number of carbonyl (C=O) groups excluding carboxylic acids is 1. The van der Waals surface area contributed by atoms with Crippen molar-refractivity contribution in [2.75, 3.05) is 6.54 Å². The van der Waals surface area contributed by atoms with Gasteiger partial charge in [0.1, 0.15) is 11.7 Å². The molecule has 100 valence electrons. The Labute approximate surface area is 112 Å². The minimum absolute atomic E-state index is 0.353. The quantitative estimate of drug-likeness (QED) is 0.904. The van der Waals surface area contributed by atoms with E-state index >= 15 is 0 Å². The Bertz CT molecular complexity index is 510. The molecule has 0 saturated carbocycles. The van der Waals surface area contributed by atoms with E-state index in [9.17, 15) is 4.79 Å². The first-order valence-electron chi connectivity index (χ1n) is 5.89. The van der Waals surface area contributed by atoms with Gasteiger partial charge in [-0.1, -0.05) is 12.2 Å². The smallest absolute Gasteiger partial charge is 0.407 e. The van der Waals surface area contributed by atoms with Gasteiger partial charge < -0.3 is 10.1 Å². The monoisotopic (exact) mass is 259 g/mol. The van der Waals surface area contributed by atoms with E-state index in [0.29, 0.717) is 12.1 Å². The molecule has 1 aromatic rings. The van der Waals surface area contributed by atoms with Crippen molar-refractivity contribution in [3.8, 4) is 6.07 Å². The predicted octanol–water partition coefficient (Wildman–Crippen LogP) is 2.49. The van der Waals surface area contributed by atoms with Crippen molar-refractivity contribution in [1.82, 2.24) is 10.3 Å². The zero-order valence-electron chi connectivity index (χ0n) is 11.3. The van der Waals surface area contributed by atoms with Crippen LogP contribution < -0.4 is 5.32 Å². The third kappa shape index (κ3) is 6.22. The van der Waals surface area contributed by atoms with E-state index in [1.54, 1.807) is 24.4 Å². The molecule has 1 rings (SSSR count). The molecule has 0 atom stereocenters. The van der Waals surface area contributed by atoms with Crippen molar-refractivity contribution in [3.05, 3.63) is 35.7 Å². The molecule has 0 bridgehead atoms. The van der Waals surface area contributed by atoms with Gasteiger partial charge >= 0.3 is 6.09 Å². The second kappa shape index (κ2) is 6.55. The van der Waals surface area contributed by atoms with E-state index in [-0.39, 0.29) is 0 Å². The maximum Gasteiger partial charge on any atom is 0.407 e. The van der Waals surface area contributed by atoms with Crippen LogP contribution in [-0.4, -0.2) is 23.2 Å². The van der Waals surface area contributed by atoms with Gasteiger partial charge in [0, 0.05) is 18.9 Å². The second-order valence-corrected chi connectivity index (χ2v) is 4.90. The fraction of sp³-hybridized carbons (Fsp3) is 0.357. The maximum absolute atomic E-state index is 11.3. The molecule has 0 aromatic carbocycles. The number of aromatic nitrogens is 1. The third-order valence-electron chi connectivity index (χ3n) is 1.96. The largest absolute Gasteiger partial charge is 0.444 e. The van der Waals surface area contributed by atoms with E-state index in [1.165, 1.54) is 6.20 Å². The molecule has 1 amide bonds. The number of hydrogen-bond donors (Lipinski definition) is 1. The Kier molecular flexibility index (Phi) is 5.07. The predicted molar refractivity (Wildman–Crippen MR) is 72.2 cm³/mol. The molecule has 0 radical (unpaired) electrons. The van der Waals surface area contributed by atoms with Gasteiger partial charge in [0.25, 0.3) is 0 Å². The fourth-order valence-corrected chi connectivity index (χ4v) is 1.26. The van der Waals surface area contributed by atoms with E-state index in [1.807, 2.05) is 26.8 Å². The zero-order valence-corrected chi connectivity index (χ0v) is 11.3. The molecule has 19 heavy (non-hydrogen) atoms. The summed E-state index contributed by atoms with van der Waals surface area (Å²) in [5, 5.41) is 11.3. The summed E-state index contributed by atoms with van der Waals surface area (Å²) in [6.45, 7) is 5.77. The topological polar surface area (TPSA) is 75.0 Å². The van der Waals surface area contributed by atoms with Gasteiger partial charge in [-0.2, -0.15) is 5.26 Å². The molecule has 5 nitrogen and oxygen atoms in total. The lowest BCUT2D eigenvalue weighted by molar-refractivity contribution is 0.0534. The number of rotatable bonds is 3. The van der Waals surface area contributed by atoms with Gasteiger partial charge in [-0.15, -0.1) is 0 Å². The molecule has 0 spiro atoms. The number of nitrogens with zero attached hydrogens (tertiary/aromatic N) is 2. The normalized spacial score (nSPS) is 11.1. The van der Waals surface area contributed by atoms with Crippen molar-refractivity contribution in [2.45, 2.75) is 26.4 Å². The van der Waals surface area contributed by atoms with Crippen LogP contribution in [0.15, 0.2) is 24.5 Å². The van der Waals surface area contributed by atoms with Crippen molar-refractivity contribution in [3.63, 3.8) is 0 Å². The molecular weight excluding hydrogens is 242 g/mol. The summed E-state index contributed by atoms with van der Waals surface area (Å²) in [6, 6.07) is 3.73. The minimum Gasteiger partial charge on any atom is -0.444 e. The van der Waals surface area contributed by atoms with E-state index < -0.39 is 11.7 Å². The standard InChI is InChI=1S/C14H17N3O2/c1-14(2,3)19-13(18)17-6-4-5-11-7-12(8-15)10-16-9-11/h4-5,7,9-10H,6H2,1-3H3,(H,17,18). The summed E-state index contributed by atoms with van der Waals surface area (Å²) in [7, 11) is 0. The summed E-state index contributed by atoms with van der Waals surface area (Å²) in [5.74, 6) is 0. The van der Waals surface area contributed by atoms with Crippen LogP contribution in [0.25, 0.3) is 6.08 Å². The lowest BCUT2D eigenvalue weighted by Crippen LogP contribution is -2.32. The Hall–Kier alpha value is -2.35. The van der Waals surface area contributed by atoms with Crippen molar-refractivity contribution in [2.24, 2.45) is 0 Å². The van der Waals surface area contributed by atoms with Crippen molar-refractivity contribution < 1.29 is 9.53 Å². The Morgan fingerprint density at radius 1 is 1.53 bits per heavy atom. The van der Waals surface area contributed by atoms with Crippen LogP contribution in [-0.2, 0) is 4.74 Å². The number of alkyl carbamates (subject to hydrolysis) is 1. The number of carbonyl (C=O) groups is 1. The van der Waals surface area contributed by atoms with Crippen LogP contribution in [0.5, 0.6) is 0 Å². The van der Waals surface area contributed by atoms with Crippen LogP contribution in [0.2, 0.25) is 0 Å². The van der Waals surface area contributed by atoms with Crippen LogP contribution in [0, 0.1) is 11.3 Å². The molecular formula is C14H17N3O2. The number of hydrogen-bond acceptors (Lipinski definition) is 4. The van der Waals surface area contributed by atoms with E-state index in [0.717, 1.165) is 5.56 Å².